The number of hydrogen-bond acceptors (Lipinski definition) is 5. The number of ether oxygens (including phenoxy) is 2. The van der Waals surface area contributed by atoms with Crippen LogP contribution < -0.4 is 10.1 Å². The van der Waals surface area contributed by atoms with Gasteiger partial charge in [0.15, 0.2) is 0 Å². The van der Waals surface area contributed by atoms with Gasteiger partial charge in [0, 0.05) is 6.54 Å². The van der Waals surface area contributed by atoms with Crippen LogP contribution in [0, 0.1) is 6.92 Å². The Balaban J connectivity index is 2.49. The van der Waals surface area contributed by atoms with E-state index in [2.05, 4.69) is 5.32 Å². The lowest BCUT2D eigenvalue weighted by atomic mass is 10.00. The first-order chi connectivity index (χ1) is 10.6. The molecule has 2 unspecified atom stereocenters. The van der Waals surface area contributed by atoms with Crippen LogP contribution in [0.4, 0.5) is 4.79 Å². The molecule has 0 aliphatic rings. The summed E-state index contributed by atoms with van der Waals surface area (Å²) in [6.07, 6.45) is -2.34. The van der Waals surface area contributed by atoms with Crippen molar-refractivity contribution in [3.05, 3.63) is 29.3 Å². The molecule has 23 heavy (non-hydrogen) atoms. The van der Waals surface area contributed by atoms with Gasteiger partial charge < -0.3 is 25.0 Å². The Labute approximate surface area is 137 Å². The Bertz CT molecular complexity index is 524. The molecule has 6 nitrogen and oxygen atoms in total. The molecule has 0 fully saturated rings. The molecule has 1 aromatic carbocycles. The molecule has 1 aromatic rings. The van der Waals surface area contributed by atoms with Crippen molar-refractivity contribution in [1.82, 2.24) is 5.32 Å². The van der Waals surface area contributed by atoms with Crippen LogP contribution in [0.3, 0.4) is 0 Å². The fourth-order valence-corrected chi connectivity index (χ4v) is 2.10. The summed E-state index contributed by atoms with van der Waals surface area (Å²) >= 11 is 0. The molecular formula is C17H27NO5. The number of alkyl carbamates (subject to hydrolysis) is 1. The van der Waals surface area contributed by atoms with Crippen molar-refractivity contribution in [3.63, 3.8) is 0 Å². The molecule has 1 rings (SSSR count). The second-order valence-corrected chi connectivity index (χ2v) is 6.46. The van der Waals surface area contributed by atoms with Crippen molar-refractivity contribution in [3.8, 4) is 5.75 Å². The Morgan fingerprint density at radius 2 is 1.96 bits per heavy atom. The summed E-state index contributed by atoms with van der Waals surface area (Å²) in [7, 11) is 1.58. The van der Waals surface area contributed by atoms with Gasteiger partial charge >= 0.3 is 6.09 Å². The summed E-state index contributed by atoms with van der Waals surface area (Å²) in [4.78, 5) is 11.5. The van der Waals surface area contributed by atoms with Gasteiger partial charge in [0.1, 0.15) is 17.5 Å². The first kappa shape index (κ1) is 19.3. The number of benzene rings is 1. The minimum absolute atomic E-state index is 0.211. The normalized spacial score (nSPS) is 14.0. The quantitative estimate of drug-likeness (QED) is 0.747. The van der Waals surface area contributed by atoms with Crippen LogP contribution in [0.25, 0.3) is 0 Å². The molecule has 0 bridgehead atoms. The summed E-state index contributed by atoms with van der Waals surface area (Å²) in [6, 6.07) is 5.23. The van der Waals surface area contributed by atoms with Gasteiger partial charge in [0.2, 0.25) is 0 Å². The monoisotopic (exact) mass is 325 g/mol. The fourth-order valence-electron chi connectivity index (χ4n) is 2.10. The van der Waals surface area contributed by atoms with Gasteiger partial charge in [-0.1, -0.05) is 6.07 Å². The van der Waals surface area contributed by atoms with Gasteiger partial charge in [0.05, 0.1) is 13.2 Å². The van der Waals surface area contributed by atoms with Crippen LogP contribution in [0.5, 0.6) is 5.75 Å². The molecule has 0 spiro atoms. The van der Waals surface area contributed by atoms with E-state index < -0.39 is 23.9 Å². The molecule has 130 valence electrons. The number of carbonyl (C=O) groups is 1. The molecule has 0 saturated heterocycles. The molecule has 2 atom stereocenters. The molecule has 0 aliphatic carbocycles. The summed E-state index contributed by atoms with van der Waals surface area (Å²) < 4.78 is 10.3. The van der Waals surface area contributed by atoms with E-state index in [1.165, 1.54) is 0 Å². The number of amides is 1. The van der Waals surface area contributed by atoms with Gasteiger partial charge in [-0.2, -0.15) is 0 Å². The summed E-state index contributed by atoms with van der Waals surface area (Å²) in [5.41, 5.74) is 0.916. The summed E-state index contributed by atoms with van der Waals surface area (Å²) in [5.74, 6) is 0.724. The predicted octanol–water partition coefficient (Wildman–Crippen LogP) is 2.31. The Morgan fingerprint density at radius 3 is 2.48 bits per heavy atom. The Morgan fingerprint density at radius 1 is 1.30 bits per heavy atom. The van der Waals surface area contributed by atoms with E-state index in [0.717, 1.165) is 11.3 Å². The molecule has 0 aromatic heterocycles. The smallest absolute Gasteiger partial charge is 0.407 e. The number of carbonyl (C=O) groups excluding carboxylic acids is 1. The Kier molecular flexibility index (Phi) is 6.84. The highest BCUT2D eigenvalue weighted by atomic mass is 16.6. The SMILES string of the molecule is COc1ccc(C(O)C(O)CCNC(=O)OC(C)(C)C)cc1C. The van der Waals surface area contributed by atoms with Gasteiger partial charge in [-0.25, -0.2) is 4.79 Å². The number of aliphatic hydroxyl groups excluding tert-OH is 2. The zero-order valence-corrected chi connectivity index (χ0v) is 14.4. The van der Waals surface area contributed by atoms with Gasteiger partial charge in [-0.3, -0.25) is 0 Å². The second kappa shape index (κ2) is 8.17. The first-order valence-electron chi connectivity index (χ1n) is 7.61. The maximum atomic E-state index is 11.5. The minimum Gasteiger partial charge on any atom is -0.496 e. The highest BCUT2D eigenvalue weighted by Gasteiger charge is 2.20. The topological polar surface area (TPSA) is 88.0 Å². The van der Waals surface area contributed by atoms with Crippen LogP contribution in [0.2, 0.25) is 0 Å². The van der Waals surface area contributed by atoms with Crippen molar-refractivity contribution in [2.45, 2.75) is 51.9 Å². The number of hydrogen-bond donors (Lipinski definition) is 3. The van der Waals surface area contributed by atoms with E-state index >= 15 is 0 Å². The van der Waals surface area contributed by atoms with E-state index in [9.17, 15) is 15.0 Å². The molecule has 3 N–H and O–H groups in total. The van der Waals surface area contributed by atoms with Gasteiger partial charge in [-0.15, -0.1) is 0 Å². The van der Waals surface area contributed by atoms with Crippen molar-refractivity contribution < 1.29 is 24.5 Å². The first-order valence-corrected chi connectivity index (χ1v) is 7.61. The number of aliphatic hydroxyl groups is 2. The maximum Gasteiger partial charge on any atom is 0.407 e. The van der Waals surface area contributed by atoms with Crippen molar-refractivity contribution >= 4 is 6.09 Å². The zero-order valence-electron chi connectivity index (χ0n) is 14.4. The zero-order chi connectivity index (χ0) is 17.6. The lowest BCUT2D eigenvalue weighted by Gasteiger charge is -2.21. The van der Waals surface area contributed by atoms with E-state index in [4.69, 9.17) is 9.47 Å². The van der Waals surface area contributed by atoms with Crippen LogP contribution >= 0.6 is 0 Å². The molecule has 1 amide bonds. The van der Waals surface area contributed by atoms with E-state index in [-0.39, 0.29) is 13.0 Å². The number of nitrogens with one attached hydrogen (secondary N) is 1. The van der Waals surface area contributed by atoms with Crippen molar-refractivity contribution in [2.24, 2.45) is 0 Å². The van der Waals surface area contributed by atoms with Crippen LogP contribution in [0.1, 0.15) is 44.4 Å². The highest BCUT2D eigenvalue weighted by Crippen LogP contribution is 2.25. The molecule has 6 heteroatoms. The number of aryl methyl sites for hydroxylation is 1. The molecule has 0 radical (unpaired) electrons. The highest BCUT2D eigenvalue weighted by molar-refractivity contribution is 5.67. The summed E-state index contributed by atoms with van der Waals surface area (Å²) in [6.45, 7) is 7.40. The van der Waals surface area contributed by atoms with Crippen molar-refractivity contribution in [2.75, 3.05) is 13.7 Å². The number of rotatable bonds is 6. The van der Waals surface area contributed by atoms with E-state index in [1.54, 1.807) is 46.1 Å². The standard InChI is InChI=1S/C17H27NO5/c1-11-10-12(6-7-14(11)22-5)15(20)13(19)8-9-18-16(21)23-17(2,3)4/h6-7,10,13,15,19-20H,8-9H2,1-5H3,(H,18,21). The third kappa shape index (κ3) is 6.46. The van der Waals surface area contributed by atoms with Gasteiger partial charge in [0.25, 0.3) is 0 Å². The molecule has 0 heterocycles. The van der Waals surface area contributed by atoms with Crippen LogP contribution in [0.15, 0.2) is 18.2 Å². The average molecular weight is 325 g/mol. The number of methoxy groups -OCH3 is 1. The lowest BCUT2D eigenvalue weighted by molar-refractivity contribution is 0.0122. The predicted molar refractivity (Wildman–Crippen MR) is 87.6 cm³/mol. The molecular weight excluding hydrogens is 298 g/mol. The third-order valence-corrected chi connectivity index (χ3v) is 3.23. The Hall–Kier alpha value is -1.79. The molecule has 0 saturated carbocycles. The molecule has 0 aliphatic heterocycles. The summed E-state index contributed by atoms with van der Waals surface area (Å²) in [5, 5.41) is 22.8. The largest absolute Gasteiger partial charge is 0.496 e. The van der Waals surface area contributed by atoms with Crippen LogP contribution in [-0.4, -0.2) is 41.7 Å². The fraction of sp³-hybridized carbons (Fsp3) is 0.588. The van der Waals surface area contributed by atoms with Gasteiger partial charge in [-0.05, 0) is 57.4 Å². The van der Waals surface area contributed by atoms with Crippen LogP contribution in [-0.2, 0) is 4.74 Å². The van der Waals surface area contributed by atoms with Crippen molar-refractivity contribution in [1.29, 1.82) is 0 Å². The third-order valence-electron chi connectivity index (χ3n) is 3.23. The maximum absolute atomic E-state index is 11.5. The second-order valence-electron chi connectivity index (χ2n) is 6.46. The lowest BCUT2D eigenvalue weighted by Crippen LogP contribution is -2.34. The minimum atomic E-state index is -1.03. The average Bonchev–Trinajstić information content (AvgIpc) is 2.44. The van der Waals surface area contributed by atoms with E-state index in [1.807, 2.05) is 6.92 Å². The van der Waals surface area contributed by atoms with E-state index in [0.29, 0.717) is 5.56 Å².